The van der Waals surface area contributed by atoms with Crippen molar-refractivity contribution < 1.29 is 26.6 Å². The molecule has 0 atom stereocenters. The minimum Gasteiger partial charge on any atom is -0.377 e. The van der Waals surface area contributed by atoms with Crippen molar-refractivity contribution in [3.8, 4) is 0 Å². The summed E-state index contributed by atoms with van der Waals surface area (Å²) in [5.41, 5.74) is 5.90. The molecule has 0 amide bonds. The lowest BCUT2D eigenvalue weighted by molar-refractivity contribution is 0.121. The predicted octanol–water partition coefficient (Wildman–Crippen LogP) is 1.88. The Hall–Kier alpha value is 0.154. The van der Waals surface area contributed by atoms with E-state index in [9.17, 15) is 0 Å². The zero-order valence-electron chi connectivity index (χ0n) is 15.6. The molecule has 0 heterocycles. The van der Waals surface area contributed by atoms with E-state index in [0.717, 1.165) is 37.8 Å². The van der Waals surface area contributed by atoms with Crippen LogP contribution in [0.4, 0.5) is 0 Å². The normalized spacial score (nSPS) is 13.0. The van der Waals surface area contributed by atoms with E-state index in [1.807, 2.05) is 0 Å². The van der Waals surface area contributed by atoms with Gasteiger partial charge in [-0.15, -0.1) is 0 Å². The predicted molar refractivity (Wildman–Crippen MR) is 94.2 cm³/mol. The van der Waals surface area contributed by atoms with Gasteiger partial charge in [-0.2, -0.15) is 0 Å². The van der Waals surface area contributed by atoms with Crippen LogP contribution in [0.5, 0.6) is 0 Å². The van der Waals surface area contributed by atoms with E-state index in [-0.39, 0.29) is 0 Å². The molecule has 0 aromatic rings. The van der Waals surface area contributed by atoms with Gasteiger partial charge in [-0.05, 0) is 38.1 Å². The molecule has 0 unspecified atom stereocenters. The Kier molecular flexibility index (Phi) is 12.6. The minimum absolute atomic E-state index is 0.463. The zero-order valence-corrected chi connectivity index (χ0v) is 17.6. The van der Waals surface area contributed by atoms with Gasteiger partial charge in [-0.25, -0.2) is 0 Å². The largest absolute Gasteiger partial charge is 0.500 e. The van der Waals surface area contributed by atoms with Crippen LogP contribution in [0.25, 0.3) is 0 Å². The van der Waals surface area contributed by atoms with Gasteiger partial charge >= 0.3 is 17.6 Å². The van der Waals surface area contributed by atoms with Crippen molar-refractivity contribution in [2.45, 2.75) is 37.8 Å². The molecule has 0 spiro atoms. The first-order valence-corrected chi connectivity index (χ1v) is 11.9. The second-order valence-corrected chi connectivity index (χ2v) is 11.7. The molecule has 0 bridgehead atoms. The fourth-order valence-electron chi connectivity index (χ4n) is 2.71. The smallest absolute Gasteiger partial charge is 0.377 e. The maximum Gasteiger partial charge on any atom is 0.500 e. The quantitative estimate of drug-likeness (QED) is 0.441. The molecule has 0 saturated carbocycles. The Morgan fingerprint density at radius 2 is 0.957 bits per heavy atom. The van der Waals surface area contributed by atoms with E-state index in [4.69, 9.17) is 32.3 Å². The van der Waals surface area contributed by atoms with Crippen LogP contribution in [0.3, 0.4) is 0 Å². The van der Waals surface area contributed by atoms with Crippen molar-refractivity contribution in [1.29, 1.82) is 0 Å². The van der Waals surface area contributed by atoms with Gasteiger partial charge in [0.05, 0.1) is 0 Å². The molecule has 0 aromatic heterocycles. The van der Waals surface area contributed by atoms with Crippen LogP contribution in [0.15, 0.2) is 0 Å². The number of rotatable bonds is 15. The Balaban J connectivity index is 4.22. The molecule has 0 aliphatic heterocycles. The number of nitrogens with two attached hydrogens (primary N) is 1. The number of hydrogen-bond acceptors (Lipinski definition) is 7. The van der Waals surface area contributed by atoms with Crippen LogP contribution in [-0.4, -0.2) is 66.8 Å². The van der Waals surface area contributed by atoms with Crippen LogP contribution >= 0.6 is 0 Å². The summed E-state index contributed by atoms with van der Waals surface area (Å²) in [6, 6.07) is 1.61. The summed E-state index contributed by atoms with van der Waals surface area (Å²) in [6.07, 6.45) is 4.02. The highest BCUT2D eigenvalue weighted by atomic mass is 28.4. The molecule has 9 heteroatoms. The Morgan fingerprint density at radius 3 is 1.17 bits per heavy atom. The molecule has 7 nitrogen and oxygen atoms in total. The molecule has 0 radical (unpaired) electrons. The molecular formula is C14H35NO6Si2. The molecule has 140 valence electrons. The summed E-state index contributed by atoms with van der Waals surface area (Å²) >= 11 is 0. The lowest BCUT2D eigenvalue weighted by Crippen LogP contribution is -2.43. The Bertz CT molecular complexity index is 248. The van der Waals surface area contributed by atoms with Crippen LogP contribution in [0.1, 0.15) is 25.7 Å². The van der Waals surface area contributed by atoms with Crippen LogP contribution in [-0.2, 0) is 26.6 Å². The fourth-order valence-corrected chi connectivity index (χ4v) is 6.21. The van der Waals surface area contributed by atoms with Gasteiger partial charge in [0, 0.05) is 54.7 Å². The Morgan fingerprint density at radius 1 is 0.652 bits per heavy atom. The second kappa shape index (κ2) is 12.5. The van der Waals surface area contributed by atoms with Crippen LogP contribution in [0.2, 0.25) is 12.1 Å². The maximum atomic E-state index is 5.90. The first-order valence-electron chi connectivity index (χ1n) is 8.01. The molecule has 0 saturated heterocycles. The van der Waals surface area contributed by atoms with Gasteiger partial charge in [-0.3, -0.25) is 0 Å². The average Bonchev–Trinajstić information content (AvgIpc) is 2.61. The van der Waals surface area contributed by atoms with Crippen LogP contribution < -0.4 is 5.73 Å². The van der Waals surface area contributed by atoms with E-state index in [0.29, 0.717) is 12.5 Å². The highest BCUT2D eigenvalue weighted by Crippen LogP contribution is 2.23. The lowest BCUT2D eigenvalue weighted by Gasteiger charge is -2.26. The monoisotopic (exact) mass is 369 g/mol. The topological polar surface area (TPSA) is 81.4 Å². The highest BCUT2D eigenvalue weighted by molar-refractivity contribution is 6.60. The second-order valence-electron chi connectivity index (χ2n) is 5.48. The van der Waals surface area contributed by atoms with Gasteiger partial charge < -0.3 is 32.3 Å². The molecular weight excluding hydrogens is 334 g/mol. The maximum absolute atomic E-state index is 5.90. The third-order valence-corrected chi connectivity index (χ3v) is 10.1. The van der Waals surface area contributed by atoms with Crippen molar-refractivity contribution in [3.63, 3.8) is 0 Å². The van der Waals surface area contributed by atoms with Gasteiger partial charge in [0.25, 0.3) is 0 Å². The van der Waals surface area contributed by atoms with Crippen molar-refractivity contribution in [3.05, 3.63) is 0 Å². The number of hydrogen-bond donors (Lipinski definition) is 1. The van der Waals surface area contributed by atoms with Gasteiger partial charge in [0.2, 0.25) is 0 Å². The van der Waals surface area contributed by atoms with Crippen LogP contribution in [0, 0.1) is 5.92 Å². The molecule has 0 rings (SSSR count). The Labute approximate surface area is 143 Å². The van der Waals surface area contributed by atoms with Gasteiger partial charge in [0.15, 0.2) is 0 Å². The first kappa shape index (κ1) is 23.2. The molecule has 0 aromatic carbocycles. The lowest BCUT2D eigenvalue weighted by atomic mass is 9.99. The fraction of sp³-hybridized carbons (Fsp3) is 1.00. The summed E-state index contributed by atoms with van der Waals surface area (Å²) in [6.45, 7) is 0.670. The average molecular weight is 370 g/mol. The van der Waals surface area contributed by atoms with Gasteiger partial charge in [0.1, 0.15) is 0 Å². The van der Waals surface area contributed by atoms with E-state index >= 15 is 0 Å². The van der Waals surface area contributed by atoms with E-state index in [1.165, 1.54) is 0 Å². The van der Waals surface area contributed by atoms with E-state index in [1.54, 1.807) is 42.7 Å². The SMILES string of the molecule is CO[Si](CCCC(CN)CCC[Si](OC)(OC)OC)(OC)OC. The molecule has 0 aliphatic carbocycles. The summed E-state index contributed by atoms with van der Waals surface area (Å²) < 4.78 is 32.6. The summed E-state index contributed by atoms with van der Waals surface area (Å²) in [5.74, 6) is 0.463. The third-order valence-electron chi connectivity index (χ3n) is 4.39. The molecule has 23 heavy (non-hydrogen) atoms. The minimum atomic E-state index is -2.47. The van der Waals surface area contributed by atoms with E-state index in [2.05, 4.69) is 0 Å². The summed E-state index contributed by atoms with van der Waals surface area (Å²) in [5, 5.41) is 0. The van der Waals surface area contributed by atoms with Crippen molar-refractivity contribution in [1.82, 2.24) is 0 Å². The molecule has 0 fully saturated rings. The van der Waals surface area contributed by atoms with E-state index < -0.39 is 17.6 Å². The molecule has 2 N–H and O–H groups in total. The van der Waals surface area contributed by atoms with Gasteiger partial charge in [-0.1, -0.05) is 0 Å². The first-order chi connectivity index (χ1) is 11.0. The highest BCUT2D eigenvalue weighted by Gasteiger charge is 2.38. The summed E-state index contributed by atoms with van der Waals surface area (Å²) in [4.78, 5) is 0. The molecule has 0 aliphatic rings. The van der Waals surface area contributed by atoms with Crippen molar-refractivity contribution in [2.75, 3.05) is 49.2 Å². The standard InChI is InChI=1S/C14H35NO6Si2/c1-16-22(17-2,18-3)11-7-9-14(13-15)10-8-12-23(19-4,20-5)21-6/h14H,7-13,15H2,1-6H3. The third kappa shape index (κ3) is 7.71. The zero-order chi connectivity index (χ0) is 17.8. The summed E-state index contributed by atoms with van der Waals surface area (Å²) in [7, 11) is 4.92. The van der Waals surface area contributed by atoms with Crippen molar-refractivity contribution in [2.24, 2.45) is 11.7 Å². The van der Waals surface area contributed by atoms with Crippen molar-refractivity contribution >= 4 is 17.6 Å².